The molecule has 0 bridgehead atoms. The molecule has 2 aliphatic heterocycles. The van der Waals surface area contributed by atoms with E-state index in [0.29, 0.717) is 51.7 Å². The molecule has 0 aromatic carbocycles. The van der Waals surface area contributed by atoms with Crippen LogP contribution < -0.4 is 4.74 Å². The van der Waals surface area contributed by atoms with Crippen LogP contribution in [-0.2, 0) is 14.9 Å². The molecule has 2 saturated heterocycles. The third-order valence-corrected chi connectivity index (χ3v) is 5.88. The van der Waals surface area contributed by atoms with Gasteiger partial charge in [-0.25, -0.2) is 4.98 Å². The second-order valence-corrected chi connectivity index (χ2v) is 7.45. The SMILES string of the molecule is Cc1cccc(OC2CCN(S(=O)(=O)N3CCOCC3)C2)n1. The quantitative estimate of drug-likeness (QED) is 0.801. The molecule has 0 spiro atoms. The van der Waals surface area contributed by atoms with Crippen LogP contribution in [0.4, 0.5) is 0 Å². The number of nitrogens with zero attached hydrogens (tertiary/aromatic N) is 3. The fraction of sp³-hybridized carbons (Fsp3) is 0.643. The molecular weight excluding hydrogens is 306 g/mol. The number of morpholine rings is 1. The van der Waals surface area contributed by atoms with Crippen molar-refractivity contribution in [2.24, 2.45) is 0 Å². The number of rotatable bonds is 4. The first-order valence-electron chi connectivity index (χ1n) is 7.49. The Kier molecular flexibility index (Phi) is 4.62. The predicted octanol–water partition coefficient (Wildman–Crippen LogP) is 0.420. The Labute approximate surface area is 131 Å². The second-order valence-electron chi connectivity index (χ2n) is 5.52. The van der Waals surface area contributed by atoms with Crippen LogP contribution in [0.1, 0.15) is 12.1 Å². The molecule has 0 radical (unpaired) electrons. The summed E-state index contributed by atoms with van der Waals surface area (Å²) in [5.74, 6) is 0.552. The van der Waals surface area contributed by atoms with Crippen LogP contribution in [0.25, 0.3) is 0 Å². The van der Waals surface area contributed by atoms with Crippen molar-refractivity contribution in [2.75, 3.05) is 39.4 Å². The number of aryl methyl sites for hydroxylation is 1. The summed E-state index contributed by atoms with van der Waals surface area (Å²) in [6.45, 7) is 4.51. The molecule has 122 valence electrons. The first-order valence-corrected chi connectivity index (χ1v) is 8.89. The number of hydrogen-bond acceptors (Lipinski definition) is 5. The van der Waals surface area contributed by atoms with Gasteiger partial charge in [0.15, 0.2) is 0 Å². The van der Waals surface area contributed by atoms with Gasteiger partial charge in [0.1, 0.15) is 6.10 Å². The summed E-state index contributed by atoms with van der Waals surface area (Å²) < 4.78 is 39.1. The van der Waals surface area contributed by atoms with Gasteiger partial charge in [-0.1, -0.05) is 6.07 Å². The summed E-state index contributed by atoms with van der Waals surface area (Å²) in [4.78, 5) is 4.30. The van der Waals surface area contributed by atoms with Gasteiger partial charge in [-0.3, -0.25) is 0 Å². The molecule has 0 saturated carbocycles. The van der Waals surface area contributed by atoms with E-state index in [1.165, 1.54) is 8.61 Å². The van der Waals surface area contributed by atoms with Crippen molar-refractivity contribution in [2.45, 2.75) is 19.4 Å². The molecule has 1 unspecified atom stereocenters. The van der Waals surface area contributed by atoms with Crippen LogP contribution in [0.3, 0.4) is 0 Å². The van der Waals surface area contributed by atoms with Crippen LogP contribution in [0.2, 0.25) is 0 Å². The highest BCUT2D eigenvalue weighted by atomic mass is 32.2. The Morgan fingerprint density at radius 1 is 1.23 bits per heavy atom. The van der Waals surface area contributed by atoms with Crippen LogP contribution in [0.5, 0.6) is 5.88 Å². The van der Waals surface area contributed by atoms with Gasteiger partial charge >= 0.3 is 0 Å². The average Bonchev–Trinajstić information content (AvgIpc) is 2.97. The number of aromatic nitrogens is 1. The third kappa shape index (κ3) is 3.40. The van der Waals surface area contributed by atoms with Crippen LogP contribution in [-0.4, -0.2) is 67.5 Å². The van der Waals surface area contributed by atoms with Crippen molar-refractivity contribution in [1.82, 2.24) is 13.6 Å². The minimum Gasteiger partial charge on any atom is -0.473 e. The van der Waals surface area contributed by atoms with Crippen molar-refractivity contribution >= 4 is 10.2 Å². The minimum atomic E-state index is -3.41. The summed E-state index contributed by atoms with van der Waals surface area (Å²) in [6.07, 6.45) is 0.532. The van der Waals surface area contributed by atoms with E-state index in [1.54, 1.807) is 6.07 Å². The maximum Gasteiger partial charge on any atom is 0.282 e. The van der Waals surface area contributed by atoms with E-state index in [9.17, 15) is 8.42 Å². The molecule has 3 heterocycles. The lowest BCUT2D eigenvalue weighted by Crippen LogP contribution is -2.48. The maximum atomic E-state index is 12.6. The van der Waals surface area contributed by atoms with E-state index in [4.69, 9.17) is 9.47 Å². The topological polar surface area (TPSA) is 72.0 Å². The van der Waals surface area contributed by atoms with Gasteiger partial charge in [-0.2, -0.15) is 17.0 Å². The van der Waals surface area contributed by atoms with Crippen molar-refractivity contribution < 1.29 is 17.9 Å². The molecule has 22 heavy (non-hydrogen) atoms. The Hall–Kier alpha value is -1.22. The largest absolute Gasteiger partial charge is 0.473 e. The van der Waals surface area contributed by atoms with Gasteiger partial charge in [0.2, 0.25) is 5.88 Å². The fourth-order valence-electron chi connectivity index (χ4n) is 2.70. The summed E-state index contributed by atoms with van der Waals surface area (Å²) in [6, 6.07) is 5.58. The molecule has 1 atom stereocenters. The Bertz CT molecular complexity index is 616. The van der Waals surface area contributed by atoms with Crippen molar-refractivity contribution in [3.8, 4) is 5.88 Å². The molecule has 1 aromatic heterocycles. The standard InChI is InChI=1S/C14H21N3O4S/c1-12-3-2-4-14(15-12)21-13-5-6-17(11-13)22(18,19)16-7-9-20-10-8-16/h2-4,13H,5-11H2,1H3. The lowest BCUT2D eigenvalue weighted by Gasteiger charge is -2.29. The smallest absolute Gasteiger partial charge is 0.282 e. The normalized spacial score (nSPS) is 24.5. The van der Waals surface area contributed by atoms with Crippen LogP contribution in [0, 0.1) is 6.92 Å². The van der Waals surface area contributed by atoms with Gasteiger partial charge in [-0.15, -0.1) is 0 Å². The molecule has 2 aliphatic rings. The van der Waals surface area contributed by atoms with Gasteiger partial charge in [0, 0.05) is 31.4 Å². The van der Waals surface area contributed by atoms with E-state index < -0.39 is 10.2 Å². The second kappa shape index (κ2) is 6.49. The molecule has 0 N–H and O–H groups in total. The van der Waals surface area contributed by atoms with Gasteiger partial charge in [0.05, 0.1) is 19.8 Å². The molecule has 3 rings (SSSR count). The van der Waals surface area contributed by atoms with Crippen molar-refractivity contribution in [1.29, 1.82) is 0 Å². The van der Waals surface area contributed by atoms with E-state index in [1.807, 2.05) is 19.1 Å². The molecule has 0 amide bonds. The number of hydrogen-bond donors (Lipinski definition) is 0. The molecule has 2 fully saturated rings. The lowest BCUT2D eigenvalue weighted by molar-refractivity contribution is 0.0703. The zero-order valence-corrected chi connectivity index (χ0v) is 13.5. The number of pyridine rings is 1. The highest BCUT2D eigenvalue weighted by Crippen LogP contribution is 2.21. The lowest BCUT2D eigenvalue weighted by atomic mass is 10.3. The fourth-order valence-corrected chi connectivity index (χ4v) is 4.33. The monoisotopic (exact) mass is 327 g/mol. The Morgan fingerprint density at radius 2 is 2.00 bits per heavy atom. The summed E-state index contributed by atoms with van der Waals surface area (Å²) in [7, 11) is -3.41. The molecule has 0 aliphatic carbocycles. The highest BCUT2D eigenvalue weighted by Gasteiger charge is 2.37. The van der Waals surface area contributed by atoms with E-state index >= 15 is 0 Å². The summed E-state index contributed by atoms with van der Waals surface area (Å²) >= 11 is 0. The molecular formula is C14H21N3O4S. The van der Waals surface area contributed by atoms with Crippen LogP contribution in [0.15, 0.2) is 18.2 Å². The molecule has 8 heteroatoms. The minimum absolute atomic E-state index is 0.148. The van der Waals surface area contributed by atoms with E-state index in [0.717, 1.165) is 5.69 Å². The van der Waals surface area contributed by atoms with Gasteiger partial charge in [0.25, 0.3) is 10.2 Å². The molecule has 1 aromatic rings. The summed E-state index contributed by atoms with van der Waals surface area (Å²) in [5, 5.41) is 0. The summed E-state index contributed by atoms with van der Waals surface area (Å²) in [5.41, 5.74) is 0.883. The Morgan fingerprint density at radius 3 is 2.73 bits per heavy atom. The van der Waals surface area contributed by atoms with Gasteiger partial charge in [-0.05, 0) is 19.4 Å². The van der Waals surface area contributed by atoms with Crippen LogP contribution >= 0.6 is 0 Å². The van der Waals surface area contributed by atoms with Crippen molar-refractivity contribution in [3.05, 3.63) is 23.9 Å². The third-order valence-electron chi connectivity index (χ3n) is 3.88. The molecule has 7 nitrogen and oxygen atoms in total. The Balaban J connectivity index is 1.62. The number of ether oxygens (including phenoxy) is 2. The first kappa shape index (κ1) is 15.7. The zero-order valence-electron chi connectivity index (χ0n) is 12.6. The highest BCUT2D eigenvalue weighted by molar-refractivity contribution is 7.86. The predicted molar refractivity (Wildman–Crippen MR) is 80.9 cm³/mol. The zero-order chi connectivity index (χ0) is 15.6. The maximum absolute atomic E-state index is 12.6. The van der Waals surface area contributed by atoms with E-state index in [-0.39, 0.29) is 6.10 Å². The average molecular weight is 327 g/mol. The van der Waals surface area contributed by atoms with Crippen molar-refractivity contribution in [3.63, 3.8) is 0 Å². The first-order chi connectivity index (χ1) is 10.6. The van der Waals surface area contributed by atoms with E-state index in [2.05, 4.69) is 4.98 Å². The van der Waals surface area contributed by atoms with Gasteiger partial charge < -0.3 is 9.47 Å².